The molecule has 16 heavy (non-hydrogen) atoms. The standard InChI is InChI=1S/C12H18ClN3/c13-11-5-3-6-14-12(11)15-7-4-10-16-8-1-2-9-16/h3,5-6H,1-2,4,7-10H2,(H,14,15). The van der Waals surface area contributed by atoms with E-state index in [1.54, 1.807) is 6.20 Å². The molecule has 0 unspecified atom stereocenters. The van der Waals surface area contributed by atoms with Gasteiger partial charge in [0.25, 0.3) is 0 Å². The van der Waals surface area contributed by atoms with Crippen molar-refractivity contribution < 1.29 is 0 Å². The van der Waals surface area contributed by atoms with Crippen molar-refractivity contribution >= 4 is 17.4 Å². The Morgan fingerprint density at radius 3 is 2.94 bits per heavy atom. The Bertz CT molecular complexity index is 324. The fourth-order valence-corrected chi connectivity index (χ4v) is 2.22. The summed E-state index contributed by atoms with van der Waals surface area (Å²) in [5.41, 5.74) is 0. The number of hydrogen-bond acceptors (Lipinski definition) is 3. The maximum absolute atomic E-state index is 5.99. The van der Waals surface area contributed by atoms with E-state index in [1.807, 2.05) is 12.1 Å². The van der Waals surface area contributed by atoms with Gasteiger partial charge in [-0.25, -0.2) is 4.98 Å². The molecular weight excluding hydrogens is 222 g/mol. The first-order valence-corrected chi connectivity index (χ1v) is 6.31. The SMILES string of the molecule is Clc1cccnc1NCCCN1CCCC1. The van der Waals surface area contributed by atoms with Gasteiger partial charge in [-0.1, -0.05) is 11.6 Å². The Morgan fingerprint density at radius 1 is 1.38 bits per heavy atom. The van der Waals surface area contributed by atoms with Crippen LogP contribution in [0.2, 0.25) is 5.02 Å². The van der Waals surface area contributed by atoms with Crippen molar-refractivity contribution in [2.75, 3.05) is 31.5 Å². The monoisotopic (exact) mass is 239 g/mol. The maximum atomic E-state index is 5.99. The van der Waals surface area contributed by atoms with E-state index in [1.165, 1.54) is 32.5 Å². The number of rotatable bonds is 5. The van der Waals surface area contributed by atoms with E-state index in [4.69, 9.17) is 11.6 Å². The van der Waals surface area contributed by atoms with Gasteiger partial charge in [0.1, 0.15) is 5.82 Å². The molecule has 1 N–H and O–H groups in total. The maximum Gasteiger partial charge on any atom is 0.144 e. The lowest BCUT2D eigenvalue weighted by molar-refractivity contribution is 0.337. The lowest BCUT2D eigenvalue weighted by atomic mass is 10.3. The number of aromatic nitrogens is 1. The lowest BCUT2D eigenvalue weighted by Crippen LogP contribution is -2.22. The summed E-state index contributed by atoms with van der Waals surface area (Å²) in [4.78, 5) is 6.71. The van der Waals surface area contributed by atoms with E-state index in [-0.39, 0.29) is 0 Å². The third kappa shape index (κ3) is 3.35. The van der Waals surface area contributed by atoms with Gasteiger partial charge in [0.2, 0.25) is 0 Å². The van der Waals surface area contributed by atoms with Gasteiger partial charge in [-0.3, -0.25) is 0 Å². The van der Waals surface area contributed by atoms with E-state index >= 15 is 0 Å². The van der Waals surface area contributed by atoms with Gasteiger partial charge >= 0.3 is 0 Å². The summed E-state index contributed by atoms with van der Waals surface area (Å²) in [5.74, 6) is 0.797. The molecule has 3 nitrogen and oxygen atoms in total. The van der Waals surface area contributed by atoms with Crippen molar-refractivity contribution in [2.24, 2.45) is 0 Å². The number of anilines is 1. The number of halogens is 1. The Morgan fingerprint density at radius 2 is 2.19 bits per heavy atom. The van der Waals surface area contributed by atoms with Crippen LogP contribution in [0, 0.1) is 0 Å². The normalized spacial score (nSPS) is 16.6. The molecule has 1 saturated heterocycles. The molecule has 1 aliphatic heterocycles. The van der Waals surface area contributed by atoms with Crippen LogP contribution < -0.4 is 5.32 Å². The van der Waals surface area contributed by atoms with Crippen molar-refractivity contribution in [1.29, 1.82) is 0 Å². The topological polar surface area (TPSA) is 28.2 Å². The van der Waals surface area contributed by atoms with E-state index in [9.17, 15) is 0 Å². The molecule has 0 aromatic carbocycles. The molecule has 0 bridgehead atoms. The van der Waals surface area contributed by atoms with Crippen molar-refractivity contribution in [3.8, 4) is 0 Å². The highest BCUT2D eigenvalue weighted by molar-refractivity contribution is 6.32. The summed E-state index contributed by atoms with van der Waals surface area (Å²) in [6.45, 7) is 4.65. The highest BCUT2D eigenvalue weighted by Gasteiger charge is 2.10. The first-order chi connectivity index (χ1) is 7.86. The molecule has 0 amide bonds. The van der Waals surface area contributed by atoms with Crippen molar-refractivity contribution in [2.45, 2.75) is 19.3 Å². The van der Waals surface area contributed by atoms with Crippen LogP contribution in [0.1, 0.15) is 19.3 Å². The largest absolute Gasteiger partial charge is 0.369 e. The molecule has 2 heterocycles. The van der Waals surface area contributed by atoms with Gasteiger partial charge in [0.05, 0.1) is 5.02 Å². The zero-order chi connectivity index (χ0) is 11.2. The van der Waals surface area contributed by atoms with Crippen LogP contribution in [-0.2, 0) is 0 Å². The fourth-order valence-electron chi connectivity index (χ4n) is 2.03. The molecule has 4 heteroatoms. The first-order valence-electron chi connectivity index (χ1n) is 5.93. The molecule has 1 fully saturated rings. The molecule has 0 spiro atoms. The highest BCUT2D eigenvalue weighted by Crippen LogP contribution is 2.17. The van der Waals surface area contributed by atoms with E-state index < -0.39 is 0 Å². The quantitative estimate of drug-likeness (QED) is 0.801. The predicted octanol–water partition coefficient (Wildman–Crippen LogP) is 2.63. The van der Waals surface area contributed by atoms with Gasteiger partial charge in [0.15, 0.2) is 0 Å². The van der Waals surface area contributed by atoms with Crippen LogP contribution in [-0.4, -0.2) is 36.1 Å². The summed E-state index contributed by atoms with van der Waals surface area (Å²) < 4.78 is 0. The minimum Gasteiger partial charge on any atom is -0.369 e. The molecule has 0 radical (unpaired) electrons. The second-order valence-corrected chi connectivity index (χ2v) is 4.57. The molecule has 0 atom stereocenters. The van der Waals surface area contributed by atoms with Crippen LogP contribution in [0.25, 0.3) is 0 Å². The zero-order valence-electron chi connectivity index (χ0n) is 9.45. The van der Waals surface area contributed by atoms with Gasteiger partial charge < -0.3 is 10.2 Å². The molecule has 88 valence electrons. The van der Waals surface area contributed by atoms with Crippen molar-refractivity contribution in [3.63, 3.8) is 0 Å². The van der Waals surface area contributed by atoms with Crippen LogP contribution >= 0.6 is 11.6 Å². The smallest absolute Gasteiger partial charge is 0.144 e. The molecule has 1 aromatic rings. The second-order valence-electron chi connectivity index (χ2n) is 4.16. The van der Waals surface area contributed by atoms with Gasteiger partial charge in [-0.05, 0) is 51.0 Å². The van der Waals surface area contributed by atoms with Crippen LogP contribution in [0.3, 0.4) is 0 Å². The van der Waals surface area contributed by atoms with Gasteiger partial charge in [-0.2, -0.15) is 0 Å². The number of likely N-dealkylation sites (tertiary alicyclic amines) is 1. The summed E-state index contributed by atoms with van der Waals surface area (Å²) in [6.07, 6.45) is 5.63. The fraction of sp³-hybridized carbons (Fsp3) is 0.583. The minimum atomic E-state index is 0.698. The molecule has 1 aliphatic rings. The first kappa shape index (κ1) is 11.7. The number of nitrogens with zero attached hydrogens (tertiary/aromatic N) is 2. The number of hydrogen-bond donors (Lipinski definition) is 1. The zero-order valence-corrected chi connectivity index (χ0v) is 10.2. The van der Waals surface area contributed by atoms with Crippen molar-refractivity contribution in [1.82, 2.24) is 9.88 Å². The third-order valence-corrected chi connectivity index (χ3v) is 3.21. The van der Waals surface area contributed by atoms with Crippen LogP contribution in [0.15, 0.2) is 18.3 Å². The van der Waals surface area contributed by atoms with E-state index in [2.05, 4.69) is 15.2 Å². The summed E-state index contributed by atoms with van der Waals surface area (Å²) in [6, 6.07) is 3.70. The van der Waals surface area contributed by atoms with E-state index in [0.29, 0.717) is 5.02 Å². The van der Waals surface area contributed by atoms with E-state index in [0.717, 1.165) is 18.8 Å². The average molecular weight is 240 g/mol. The summed E-state index contributed by atoms with van der Waals surface area (Å²) in [7, 11) is 0. The van der Waals surface area contributed by atoms with Gasteiger partial charge in [-0.15, -0.1) is 0 Å². The van der Waals surface area contributed by atoms with Crippen LogP contribution in [0.5, 0.6) is 0 Å². The third-order valence-electron chi connectivity index (χ3n) is 2.90. The molecule has 2 rings (SSSR count). The predicted molar refractivity (Wildman–Crippen MR) is 68.0 cm³/mol. The Kier molecular flexibility index (Phi) is 4.43. The van der Waals surface area contributed by atoms with Crippen molar-refractivity contribution in [3.05, 3.63) is 23.4 Å². The van der Waals surface area contributed by atoms with Crippen LogP contribution in [0.4, 0.5) is 5.82 Å². The second kappa shape index (κ2) is 6.06. The summed E-state index contributed by atoms with van der Waals surface area (Å²) in [5, 5.41) is 3.97. The molecular formula is C12H18ClN3. The molecule has 0 saturated carbocycles. The lowest BCUT2D eigenvalue weighted by Gasteiger charge is -2.14. The average Bonchev–Trinajstić information content (AvgIpc) is 2.79. The Hall–Kier alpha value is -0.800. The van der Waals surface area contributed by atoms with Gasteiger partial charge in [0, 0.05) is 12.7 Å². The highest BCUT2D eigenvalue weighted by atomic mass is 35.5. The Balaban J connectivity index is 1.66. The molecule has 0 aliphatic carbocycles. The Labute approximate surface area is 102 Å². The number of pyridine rings is 1. The summed E-state index contributed by atoms with van der Waals surface area (Å²) >= 11 is 5.99. The molecule has 1 aromatic heterocycles. The number of nitrogens with one attached hydrogen (secondary N) is 1. The minimum absolute atomic E-state index is 0.698.